The molecule has 2 saturated carbocycles. The van der Waals surface area contributed by atoms with Crippen LogP contribution in [0.15, 0.2) is 24.3 Å². The summed E-state index contributed by atoms with van der Waals surface area (Å²) in [6.45, 7) is 0. The predicted octanol–water partition coefficient (Wildman–Crippen LogP) is 3.70. The molecule has 1 aromatic rings. The molecule has 2 aliphatic carbocycles. The first-order valence-electron chi connectivity index (χ1n) is 7.07. The van der Waals surface area contributed by atoms with E-state index in [1.165, 1.54) is 18.4 Å². The molecule has 0 amide bonds. The van der Waals surface area contributed by atoms with Gasteiger partial charge >= 0.3 is 0 Å². The fraction of sp³-hybridized carbons (Fsp3) is 0.562. The van der Waals surface area contributed by atoms with Gasteiger partial charge in [-0.2, -0.15) is 0 Å². The van der Waals surface area contributed by atoms with Crippen LogP contribution in [0, 0.1) is 5.92 Å². The minimum atomic E-state index is 0.266. The summed E-state index contributed by atoms with van der Waals surface area (Å²) in [7, 11) is 0. The summed E-state index contributed by atoms with van der Waals surface area (Å²) in [5.74, 6) is 2.05. The molecule has 0 spiro atoms. The van der Waals surface area contributed by atoms with Gasteiger partial charge in [0.05, 0.1) is 6.10 Å². The second-order valence-electron chi connectivity index (χ2n) is 5.63. The van der Waals surface area contributed by atoms with Crippen LogP contribution in [0.5, 0.6) is 5.75 Å². The molecule has 0 saturated heterocycles. The standard InChI is InChI=1S/C16H20O2/c17-11-12-1-7-15(8-2-12)18-16-9-5-14(6-10-16)13-3-4-13/h5-6,9-13,15H,1-4,7-8H2. The van der Waals surface area contributed by atoms with Gasteiger partial charge in [-0.25, -0.2) is 0 Å². The summed E-state index contributed by atoms with van der Waals surface area (Å²) >= 11 is 0. The van der Waals surface area contributed by atoms with Gasteiger partial charge in [0.2, 0.25) is 0 Å². The van der Waals surface area contributed by atoms with E-state index in [1.807, 2.05) is 0 Å². The summed E-state index contributed by atoms with van der Waals surface area (Å²) in [5, 5.41) is 0. The molecule has 0 atom stereocenters. The molecule has 0 aromatic heterocycles. The molecule has 3 rings (SSSR count). The molecule has 0 heterocycles. The van der Waals surface area contributed by atoms with Crippen molar-refractivity contribution in [2.45, 2.75) is 50.5 Å². The van der Waals surface area contributed by atoms with Crippen LogP contribution in [0.25, 0.3) is 0 Å². The van der Waals surface area contributed by atoms with Crippen LogP contribution >= 0.6 is 0 Å². The van der Waals surface area contributed by atoms with E-state index in [2.05, 4.69) is 24.3 Å². The number of hydrogen-bond acceptors (Lipinski definition) is 2. The third kappa shape index (κ3) is 2.74. The predicted molar refractivity (Wildman–Crippen MR) is 70.9 cm³/mol. The molecule has 0 aliphatic heterocycles. The lowest BCUT2D eigenvalue weighted by Gasteiger charge is -2.26. The van der Waals surface area contributed by atoms with Crippen LogP contribution in [0.2, 0.25) is 0 Å². The molecule has 96 valence electrons. The molecular weight excluding hydrogens is 224 g/mol. The SMILES string of the molecule is O=CC1CCC(Oc2ccc(C3CC3)cc2)CC1. The molecule has 2 aliphatic rings. The van der Waals surface area contributed by atoms with Crippen LogP contribution in [-0.2, 0) is 4.79 Å². The number of carbonyl (C=O) groups excluding carboxylic acids is 1. The van der Waals surface area contributed by atoms with E-state index in [0.29, 0.717) is 6.10 Å². The third-order valence-corrected chi connectivity index (χ3v) is 4.14. The van der Waals surface area contributed by atoms with Crippen molar-refractivity contribution in [1.82, 2.24) is 0 Å². The van der Waals surface area contributed by atoms with Crippen molar-refractivity contribution in [2.24, 2.45) is 5.92 Å². The van der Waals surface area contributed by atoms with Crippen molar-refractivity contribution in [3.8, 4) is 5.75 Å². The first kappa shape index (κ1) is 11.8. The van der Waals surface area contributed by atoms with Crippen molar-refractivity contribution < 1.29 is 9.53 Å². The quantitative estimate of drug-likeness (QED) is 0.755. The highest BCUT2D eigenvalue weighted by atomic mass is 16.5. The third-order valence-electron chi connectivity index (χ3n) is 4.14. The van der Waals surface area contributed by atoms with Crippen molar-refractivity contribution in [3.63, 3.8) is 0 Å². The maximum atomic E-state index is 10.7. The Kier molecular flexibility index (Phi) is 3.35. The van der Waals surface area contributed by atoms with Crippen LogP contribution in [0.3, 0.4) is 0 Å². The van der Waals surface area contributed by atoms with Gasteiger partial charge in [-0.05, 0) is 62.1 Å². The highest BCUT2D eigenvalue weighted by molar-refractivity contribution is 5.53. The lowest BCUT2D eigenvalue weighted by Crippen LogP contribution is -2.24. The fourth-order valence-corrected chi connectivity index (χ4v) is 2.77. The zero-order valence-corrected chi connectivity index (χ0v) is 10.7. The number of aldehydes is 1. The average Bonchev–Trinajstić information content (AvgIpc) is 3.25. The van der Waals surface area contributed by atoms with Gasteiger partial charge in [-0.1, -0.05) is 12.1 Å². The number of carbonyl (C=O) groups is 1. The molecule has 2 heteroatoms. The van der Waals surface area contributed by atoms with Crippen molar-refractivity contribution in [2.75, 3.05) is 0 Å². The van der Waals surface area contributed by atoms with Crippen molar-refractivity contribution in [1.29, 1.82) is 0 Å². The Morgan fingerprint density at radius 2 is 1.61 bits per heavy atom. The minimum Gasteiger partial charge on any atom is -0.490 e. The van der Waals surface area contributed by atoms with E-state index in [9.17, 15) is 4.79 Å². The lowest BCUT2D eigenvalue weighted by molar-refractivity contribution is -0.112. The molecule has 0 N–H and O–H groups in total. The number of ether oxygens (including phenoxy) is 1. The molecule has 0 radical (unpaired) electrons. The largest absolute Gasteiger partial charge is 0.490 e. The first-order chi connectivity index (χ1) is 8.85. The summed E-state index contributed by atoms with van der Waals surface area (Å²) in [5.41, 5.74) is 1.45. The lowest BCUT2D eigenvalue weighted by atomic mass is 9.88. The maximum Gasteiger partial charge on any atom is 0.123 e. The molecule has 18 heavy (non-hydrogen) atoms. The fourth-order valence-electron chi connectivity index (χ4n) is 2.77. The maximum absolute atomic E-state index is 10.7. The second kappa shape index (κ2) is 5.13. The first-order valence-corrected chi connectivity index (χ1v) is 7.07. The van der Waals surface area contributed by atoms with Gasteiger partial charge < -0.3 is 9.53 Å². The van der Waals surface area contributed by atoms with Crippen LogP contribution in [-0.4, -0.2) is 12.4 Å². The van der Waals surface area contributed by atoms with Crippen LogP contribution in [0.4, 0.5) is 0 Å². The zero-order valence-electron chi connectivity index (χ0n) is 10.7. The Bertz CT molecular complexity index is 398. The number of hydrogen-bond donors (Lipinski definition) is 0. The molecule has 2 fully saturated rings. The highest BCUT2D eigenvalue weighted by Gasteiger charge is 2.24. The smallest absolute Gasteiger partial charge is 0.123 e. The van der Waals surface area contributed by atoms with Crippen LogP contribution in [0.1, 0.15) is 50.0 Å². The Labute approximate surface area is 108 Å². The van der Waals surface area contributed by atoms with Crippen molar-refractivity contribution in [3.05, 3.63) is 29.8 Å². The van der Waals surface area contributed by atoms with E-state index in [1.54, 1.807) is 0 Å². The van der Waals surface area contributed by atoms with E-state index >= 15 is 0 Å². The van der Waals surface area contributed by atoms with Crippen molar-refractivity contribution >= 4 is 6.29 Å². The van der Waals surface area contributed by atoms with E-state index < -0.39 is 0 Å². The molecular formula is C16H20O2. The number of rotatable bonds is 4. The molecule has 0 bridgehead atoms. The Hall–Kier alpha value is -1.31. The zero-order chi connectivity index (χ0) is 12.4. The van der Waals surface area contributed by atoms with Gasteiger partial charge in [-0.15, -0.1) is 0 Å². The Morgan fingerprint density at radius 1 is 0.944 bits per heavy atom. The topological polar surface area (TPSA) is 26.3 Å². The second-order valence-corrected chi connectivity index (χ2v) is 5.63. The Balaban J connectivity index is 1.54. The van der Waals surface area contributed by atoms with Crippen LogP contribution < -0.4 is 4.74 Å². The van der Waals surface area contributed by atoms with Gasteiger partial charge in [0, 0.05) is 5.92 Å². The molecule has 2 nitrogen and oxygen atoms in total. The molecule has 0 unspecified atom stereocenters. The Morgan fingerprint density at radius 3 is 2.17 bits per heavy atom. The summed E-state index contributed by atoms with van der Waals surface area (Å²) in [6.07, 6.45) is 8.06. The molecule has 1 aromatic carbocycles. The van der Waals surface area contributed by atoms with Gasteiger partial charge in [-0.3, -0.25) is 0 Å². The minimum absolute atomic E-state index is 0.266. The summed E-state index contributed by atoms with van der Waals surface area (Å²) < 4.78 is 5.99. The van der Waals surface area contributed by atoms with E-state index in [0.717, 1.165) is 43.6 Å². The monoisotopic (exact) mass is 244 g/mol. The van der Waals surface area contributed by atoms with E-state index in [4.69, 9.17) is 4.74 Å². The van der Waals surface area contributed by atoms with Gasteiger partial charge in [0.1, 0.15) is 12.0 Å². The number of benzene rings is 1. The van der Waals surface area contributed by atoms with Gasteiger partial charge in [0.25, 0.3) is 0 Å². The highest BCUT2D eigenvalue weighted by Crippen LogP contribution is 2.40. The average molecular weight is 244 g/mol. The summed E-state index contributed by atoms with van der Waals surface area (Å²) in [4.78, 5) is 10.7. The normalized spacial score (nSPS) is 27.8. The summed E-state index contributed by atoms with van der Waals surface area (Å²) in [6, 6.07) is 8.59. The van der Waals surface area contributed by atoms with E-state index in [-0.39, 0.29) is 5.92 Å². The van der Waals surface area contributed by atoms with Gasteiger partial charge in [0.15, 0.2) is 0 Å².